The van der Waals surface area contributed by atoms with Crippen LogP contribution in [0.3, 0.4) is 0 Å². The van der Waals surface area contributed by atoms with Crippen molar-refractivity contribution in [1.29, 1.82) is 0 Å². The minimum atomic E-state index is 0.630. The molecule has 1 heterocycles. The molecular formula is C18H21NOS. The van der Waals surface area contributed by atoms with Crippen molar-refractivity contribution in [3.63, 3.8) is 0 Å². The second-order valence-electron chi connectivity index (χ2n) is 5.55. The Hall–Kier alpha value is -1.45. The van der Waals surface area contributed by atoms with Gasteiger partial charge in [-0.2, -0.15) is 0 Å². The van der Waals surface area contributed by atoms with Crippen LogP contribution in [-0.4, -0.2) is 31.4 Å². The number of hydrogen-bond donors (Lipinski definition) is 0. The average Bonchev–Trinajstić information content (AvgIpc) is 2.91. The molecule has 0 bridgehead atoms. The van der Waals surface area contributed by atoms with Gasteiger partial charge in [-0.1, -0.05) is 36.4 Å². The van der Waals surface area contributed by atoms with E-state index in [2.05, 4.69) is 48.3 Å². The van der Waals surface area contributed by atoms with E-state index in [0.29, 0.717) is 5.92 Å². The first-order valence-corrected chi connectivity index (χ1v) is 8.28. The standard InChI is InChI=1S/C18H21NOS/c1-19(11-14-7-3-5-9-17(14)20-2)12-15-13-21-18-10-6-4-8-16(15)18/h3-10,15H,11-13H2,1-2H3. The highest BCUT2D eigenvalue weighted by atomic mass is 32.2. The molecule has 1 atom stereocenters. The van der Waals surface area contributed by atoms with Gasteiger partial charge in [0.25, 0.3) is 0 Å². The molecule has 0 N–H and O–H groups in total. The maximum atomic E-state index is 5.44. The molecule has 0 saturated heterocycles. The molecule has 1 unspecified atom stereocenters. The molecule has 0 saturated carbocycles. The Bertz CT molecular complexity index is 614. The van der Waals surface area contributed by atoms with Crippen molar-refractivity contribution in [3.8, 4) is 5.75 Å². The van der Waals surface area contributed by atoms with E-state index >= 15 is 0 Å². The molecule has 0 radical (unpaired) electrons. The predicted octanol–water partition coefficient (Wildman–Crippen LogP) is 4.02. The van der Waals surface area contributed by atoms with Gasteiger partial charge < -0.3 is 9.64 Å². The molecule has 0 fully saturated rings. The van der Waals surface area contributed by atoms with Crippen molar-refractivity contribution in [1.82, 2.24) is 4.90 Å². The highest BCUT2D eigenvalue weighted by Crippen LogP contribution is 2.39. The number of likely N-dealkylation sites (N-methyl/N-ethyl adjacent to an activating group) is 1. The number of hydrogen-bond acceptors (Lipinski definition) is 3. The third kappa shape index (κ3) is 3.25. The van der Waals surface area contributed by atoms with Gasteiger partial charge in [-0.3, -0.25) is 0 Å². The van der Waals surface area contributed by atoms with E-state index in [1.807, 2.05) is 23.9 Å². The van der Waals surface area contributed by atoms with Gasteiger partial charge in [0.05, 0.1) is 7.11 Å². The van der Waals surface area contributed by atoms with E-state index in [9.17, 15) is 0 Å². The highest BCUT2D eigenvalue weighted by molar-refractivity contribution is 7.99. The van der Waals surface area contributed by atoms with Gasteiger partial charge in [-0.25, -0.2) is 0 Å². The summed E-state index contributed by atoms with van der Waals surface area (Å²) >= 11 is 1.98. The fourth-order valence-electron chi connectivity index (χ4n) is 2.95. The first-order valence-electron chi connectivity index (χ1n) is 7.30. The van der Waals surface area contributed by atoms with Crippen LogP contribution in [0.2, 0.25) is 0 Å². The zero-order chi connectivity index (χ0) is 14.7. The van der Waals surface area contributed by atoms with Gasteiger partial charge in [-0.05, 0) is 24.7 Å². The lowest BCUT2D eigenvalue weighted by Gasteiger charge is -2.22. The molecule has 0 aromatic heterocycles. The van der Waals surface area contributed by atoms with Gasteiger partial charge in [-0.15, -0.1) is 11.8 Å². The third-order valence-corrected chi connectivity index (χ3v) is 5.22. The van der Waals surface area contributed by atoms with Gasteiger partial charge >= 0.3 is 0 Å². The highest BCUT2D eigenvalue weighted by Gasteiger charge is 2.23. The fourth-order valence-corrected chi connectivity index (χ4v) is 4.19. The number of ether oxygens (including phenoxy) is 1. The Morgan fingerprint density at radius 1 is 1.14 bits per heavy atom. The van der Waals surface area contributed by atoms with Crippen LogP contribution in [0.1, 0.15) is 17.0 Å². The van der Waals surface area contributed by atoms with E-state index in [1.54, 1.807) is 7.11 Å². The Kier molecular flexibility index (Phi) is 4.51. The largest absolute Gasteiger partial charge is 0.496 e. The van der Waals surface area contributed by atoms with Crippen molar-refractivity contribution in [3.05, 3.63) is 59.7 Å². The summed E-state index contributed by atoms with van der Waals surface area (Å²) in [5, 5.41) is 0. The van der Waals surface area contributed by atoms with Crippen LogP contribution in [0.4, 0.5) is 0 Å². The number of nitrogens with zero attached hydrogens (tertiary/aromatic N) is 1. The van der Waals surface area contributed by atoms with Crippen LogP contribution in [-0.2, 0) is 6.54 Å². The van der Waals surface area contributed by atoms with Crippen molar-refractivity contribution in [2.45, 2.75) is 17.4 Å². The van der Waals surface area contributed by atoms with Crippen molar-refractivity contribution in [2.75, 3.05) is 26.5 Å². The summed E-state index contributed by atoms with van der Waals surface area (Å²) in [6.07, 6.45) is 0. The van der Waals surface area contributed by atoms with E-state index in [-0.39, 0.29) is 0 Å². The number of benzene rings is 2. The van der Waals surface area contributed by atoms with E-state index in [1.165, 1.54) is 21.8 Å². The summed E-state index contributed by atoms with van der Waals surface area (Å²) in [4.78, 5) is 3.85. The normalized spacial score (nSPS) is 17.0. The minimum Gasteiger partial charge on any atom is -0.496 e. The first-order chi connectivity index (χ1) is 10.3. The monoisotopic (exact) mass is 299 g/mol. The SMILES string of the molecule is COc1ccccc1CN(C)CC1CSc2ccccc21. The number of fused-ring (bicyclic) bond motifs is 1. The third-order valence-electron chi connectivity index (χ3n) is 3.96. The summed E-state index contributed by atoms with van der Waals surface area (Å²) in [6, 6.07) is 17.1. The Balaban J connectivity index is 1.66. The molecule has 1 aliphatic rings. The Morgan fingerprint density at radius 2 is 1.90 bits per heavy atom. The van der Waals surface area contributed by atoms with Crippen LogP contribution in [0, 0.1) is 0 Å². The molecule has 110 valence electrons. The number of rotatable bonds is 5. The molecule has 2 nitrogen and oxygen atoms in total. The van der Waals surface area contributed by atoms with Crippen LogP contribution in [0.15, 0.2) is 53.4 Å². The number of methoxy groups -OCH3 is 1. The lowest BCUT2D eigenvalue weighted by atomic mass is 10.0. The van der Waals surface area contributed by atoms with Gasteiger partial charge in [0.1, 0.15) is 5.75 Å². The zero-order valence-electron chi connectivity index (χ0n) is 12.6. The molecule has 2 aromatic rings. The van der Waals surface area contributed by atoms with Crippen LogP contribution >= 0.6 is 11.8 Å². The molecule has 2 aromatic carbocycles. The van der Waals surface area contributed by atoms with E-state index in [0.717, 1.165) is 18.8 Å². The van der Waals surface area contributed by atoms with Gasteiger partial charge in [0.15, 0.2) is 0 Å². The van der Waals surface area contributed by atoms with Crippen molar-refractivity contribution >= 4 is 11.8 Å². The van der Waals surface area contributed by atoms with E-state index < -0.39 is 0 Å². The molecule has 0 aliphatic carbocycles. The molecule has 3 rings (SSSR count). The van der Waals surface area contributed by atoms with Gasteiger partial charge in [0.2, 0.25) is 0 Å². The molecule has 0 amide bonds. The molecule has 1 aliphatic heterocycles. The first kappa shape index (κ1) is 14.5. The maximum absolute atomic E-state index is 5.44. The summed E-state index contributed by atoms with van der Waals surface area (Å²) < 4.78 is 5.44. The van der Waals surface area contributed by atoms with Crippen molar-refractivity contribution in [2.24, 2.45) is 0 Å². The summed E-state index contributed by atoms with van der Waals surface area (Å²) in [7, 11) is 3.93. The predicted molar refractivity (Wildman–Crippen MR) is 89.2 cm³/mol. The van der Waals surface area contributed by atoms with Crippen molar-refractivity contribution < 1.29 is 4.74 Å². The summed E-state index contributed by atoms with van der Waals surface area (Å²) in [5.74, 6) is 2.80. The van der Waals surface area contributed by atoms with Gasteiger partial charge in [0, 0.05) is 35.2 Å². The molecular weight excluding hydrogens is 278 g/mol. The number of thioether (sulfide) groups is 1. The Morgan fingerprint density at radius 3 is 2.76 bits per heavy atom. The quantitative estimate of drug-likeness (QED) is 0.827. The summed E-state index contributed by atoms with van der Waals surface area (Å²) in [5.41, 5.74) is 2.76. The maximum Gasteiger partial charge on any atom is 0.123 e. The molecule has 21 heavy (non-hydrogen) atoms. The topological polar surface area (TPSA) is 12.5 Å². The van der Waals surface area contributed by atoms with Crippen LogP contribution in [0.5, 0.6) is 5.75 Å². The fraction of sp³-hybridized carbons (Fsp3) is 0.333. The second-order valence-corrected chi connectivity index (χ2v) is 6.62. The Labute approximate surface area is 131 Å². The smallest absolute Gasteiger partial charge is 0.123 e. The lowest BCUT2D eigenvalue weighted by Crippen LogP contribution is -2.24. The van der Waals surface area contributed by atoms with Crippen LogP contribution in [0.25, 0.3) is 0 Å². The number of para-hydroxylation sites is 1. The molecule has 0 spiro atoms. The average molecular weight is 299 g/mol. The molecule has 3 heteroatoms. The minimum absolute atomic E-state index is 0.630. The van der Waals surface area contributed by atoms with E-state index in [4.69, 9.17) is 4.74 Å². The second kappa shape index (κ2) is 6.54. The lowest BCUT2D eigenvalue weighted by molar-refractivity contribution is 0.304. The van der Waals surface area contributed by atoms with Crippen LogP contribution < -0.4 is 4.74 Å². The zero-order valence-corrected chi connectivity index (χ0v) is 13.4. The summed E-state index contributed by atoms with van der Waals surface area (Å²) in [6.45, 7) is 2.01.